The first-order chi connectivity index (χ1) is 10.8. The standard InChI is InChI=1S/C19H25N3/c20-12-14-6-8-17(9-7-14)22-13-15-10-18(19(22)11-15)21-16-4-2-1-3-5-16/h6-9,15-16,18-19,21H,1-5,10-11,13H2/t15-,18+,19-/m1/s1. The van der Waals surface area contributed by atoms with Gasteiger partial charge in [0.05, 0.1) is 11.6 Å². The summed E-state index contributed by atoms with van der Waals surface area (Å²) in [4.78, 5) is 2.58. The second-order valence-electron chi connectivity index (χ2n) is 7.32. The molecule has 3 atom stereocenters. The van der Waals surface area contributed by atoms with Crippen LogP contribution in [-0.2, 0) is 0 Å². The molecular formula is C19H25N3. The number of hydrogen-bond acceptors (Lipinski definition) is 3. The molecule has 0 spiro atoms. The minimum atomic E-state index is 0.653. The molecule has 0 unspecified atom stereocenters. The first-order valence-electron chi connectivity index (χ1n) is 8.86. The molecule has 0 aromatic heterocycles. The Morgan fingerprint density at radius 3 is 2.50 bits per heavy atom. The molecule has 3 heteroatoms. The molecule has 1 aromatic carbocycles. The predicted octanol–water partition coefficient (Wildman–Crippen LogP) is 3.45. The molecule has 3 aliphatic rings. The van der Waals surface area contributed by atoms with E-state index in [9.17, 15) is 0 Å². The van der Waals surface area contributed by atoms with Crippen LogP contribution in [0.4, 0.5) is 5.69 Å². The van der Waals surface area contributed by atoms with E-state index in [2.05, 4.69) is 28.4 Å². The largest absolute Gasteiger partial charge is 0.367 e. The zero-order valence-corrected chi connectivity index (χ0v) is 13.2. The van der Waals surface area contributed by atoms with Gasteiger partial charge in [0.15, 0.2) is 0 Å². The van der Waals surface area contributed by atoms with E-state index in [0.717, 1.165) is 17.5 Å². The maximum atomic E-state index is 8.95. The molecule has 1 heterocycles. The van der Waals surface area contributed by atoms with Crippen molar-refractivity contribution in [1.29, 1.82) is 5.26 Å². The van der Waals surface area contributed by atoms with Crippen molar-refractivity contribution < 1.29 is 0 Å². The van der Waals surface area contributed by atoms with Crippen LogP contribution >= 0.6 is 0 Å². The lowest BCUT2D eigenvalue weighted by Crippen LogP contribution is -2.51. The highest BCUT2D eigenvalue weighted by molar-refractivity contribution is 5.52. The van der Waals surface area contributed by atoms with Crippen LogP contribution in [-0.4, -0.2) is 24.7 Å². The molecule has 1 aromatic rings. The highest BCUT2D eigenvalue weighted by atomic mass is 15.2. The van der Waals surface area contributed by atoms with Crippen LogP contribution in [0.5, 0.6) is 0 Å². The third kappa shape index (κ3) is 2.61. The van der Waals surface area contributed by atoms with Crippen LogP contribution in [0, 0.1) is 17.2 Å². The van der Waals surface area contributed by atoms with Crippen LogP contribution < -0.4 is 10.2 Å². The van der Waals surface area contributed by atoms with E-state index in [1.54, 1.807) is 0 Å². The fourth-order valence-electron chi connectivity index (χ4n) is 4.80. The van der Waals surface area contributed by atoms with Crippen LogP contribution in [0.25, 0.3) is 0 Å². The summed E-state index contributed by atoms with van der Waals surface area (Å²) in [6, 6.07) is 12.4. The third-order valence-corrected chi connectivity index (χ3v) is 5.86. The topological polar surface area (TPSA) is 39.1 Å². The highest BCUT2D eigenvalue weighted by Gasteiger charge is 2.45. The minimum Gasteiger partial charge on any atom is -0.367 e. The number of nitriles is 1. The number of nitrogens with one attached hydrogen (secondary N) is 1. The molecule has 3 fully saturated rings. The number of hydrogen-bond donors (Lipinski definition) is 1. The molecule has 22 heavy (non-hydrogen) atoms. The molecule has 1 aliphatic heterocycles. The smallest absolute Gasteiger partial charge is 0.0991 e. The van der Waals surface area contributed by atoms with Gasteiger partial charge in [0.2, 0.25) is 0 Å². The van der Waals surface area contributed by atoms with E-state index >= 15 is 0 Å². The van der Waals surface area contributed by atoms with Crippen LogP contribution in [0.2, 0.25) is 0 Å². The first-order valence-corrected chi connectivity index (χ1v) is 8.86. The molecule has 0 amide bonds. The van der Waals surface area contributed by atoms with Gasteiger partial charge in [-0.05, 0) is 55.9 Å². The maximum Gasteiger partial charge on any atom is 0.0991 e. The summed E-state index contributed by atoms with van der Waals surface area (Å²) >= 11 is 0. The van der Waals surface area contributed by atoms with Crippen molar-refractivity contribution in [3.05, 3.63) is 29.8 Å². The summed E-state index contributed by atoms with van der Waals surface area (Å²) in [5, 5.41) is 12.9. The Balaban J connectivity index is 1.45. The van der Waals surface area contributed by atoms with Gasteiger partial charge in [-0.15, -0.1) is 0 Å². The van der Waals surface area contributed by atoms with Crippen molar-refractivity contribution in [2.75, 3.05) is 11.4 Å². The number of piperidine rings is 1. The van der Waals surface area contributed by atoms with Gasteiger partial charge < -0.3 is 10.2 Å². The average Bonchev–Trinajstić information content (AvgIpc) is 3.16. The summed E-state index contributed by atoms with van der Waals surface area (Å²) in [6.07, 6.45) is 9.65. The third-order valence-electron chi connectivity index (χ3n) is 5.86. The lowest BCUT2D eigenvalue weighted by atomic mass is 9.93. The minimum absolute atomic E-state index is 0.653. The number of benzene rings is 1. The average molecular weight is 295 g/mol. The fraction of sp³-hybridized carbons (Fsp3) is 0.632. The molecule has 2 bridgehead atoms. The van der Waals surface area contributed by atoms with Gasteiger partial charge in [-0.2, -0.15) is 5.26 Å². The van der Waals surface area contributed by atoms with Gasteiger partial charge in [-0.3, -0.25) is 0 Å². The van der Waals surface area contributed by atoms with E-state index in [1.165, 1.54) is 57.2 Å². The molecule has 1 saturated heterocycles. The number of anilines is 1. The summed E-state index contributed by atoms with van der Waals surface area (Å²) in [5.74, 6) is 0.849. The Bertz CT molecular complexity index is 553. The van der Waals surface area contributed by atoms with Gasteiger partial charge in [0.25, 0.3) is 0 Å². The highest BCUT2D eigenvalue weighted by Crippen LogP contribution is 2.41. The Hall–Kier alpha value is -1.53. The Kier molecular flexibility index (Phi) is 3.80. The second kappa shape index (κ2) is 5.93. The van der Waals surface area contributed by atoms with Crippen molar-refractivity contribution in [1.82, 2.24) is 5.32 Å². The molecule has 1 N–H and O–H groups in total. The van der Waals surface area contributed by atoms with Crippen molar-refractivity contribution >= 4 is 5.69 Å². The van der Waals surface area contributed by atoms with Crippen molar-refractivity contribution in [3.8, 4) is 6.07 Å². The number of fused-ring (bicyclic) bond motifs is 2. The summed E-state index contributed by atoms with van der Waals surface area (Å²) < 4.78 is 0. The van der Waals surface area contributed by atoms with Gasteiger partial charge in [0.1, 0.15) is 0 Å². The molecular weight excluding hydrogens is 270 g/mol. The lowest BCUT2D eigenvalue weighted by molar-refractivity contribution is 0.308. The van der Waals surface area contributed by atoms with Gasteiger partial charge in [-0.25, -0.2) is 0 Å². The molecule has 4 rings (SSSR count). The summed E-state index contributed by atoms with van der Waals surface area (Å²) in [5.41, 5.74) is 2.05. The van der Waals surface area contributed by atoms with Gasteiger partial charge in [-0.1, -0.05) is 19.3 Å². The normalized spacial score (nSPS) is 31.4. The van der Waals surface area contributed by atoms with Crippen LogP contribution in [0.1, 0.15) is 50.5 Å². The van der Waals surface area contributed by atoms with Crippen molar-refractivity contribution in [2.24, 2.45) is 5.92 Å². The van der Waals surface area contributed by atoms with Crippen molar-refractivity contribution in [3.63, 3.8) is 0 Å². The Morgan fingerprint density at radius 1 is 1.05 bits per heavy atom. The number of rotatable bonds is 3. The molecule has 2 saturated carbocycles. The molecule has 116 valence electrons. The summed E-state index contributed by atoms with van der Waals surface area (Å²) in [6.45, 7) is 1.19. The fourth-order valence-corrected chi connectivity index (χ4v) is 4.80. The summed E-state index contributed by atoms with van der Waals surface area (Å²) in [7, 11) is 0. The SMILES string of the molecule is N#Cc1ccc(N2C[C@@H]3C[C@H](NC4CCCCC4)[C@H]2C3)cc1. The first kappa shape index (κ1) is 14.1. The van der Waals surface area contributed by atoms with Crippen LogP contribution in [0.3, 0.4) is 0 Å². The Labute approximate surface area is 133 Å². The van der Waals surface area contributed by atoms with E-state index in [1.807, 2.05) is 12.1 Å². The second-order valence-corrected chi connectivity index (χ2v) is 7.32. The van der Waals surface area contributed by atoms with E-state index in [-0.39, 0.29) is 0 Å². The quantitative estimate of drug-likeness (QED) is 0.928. The zero-order chi connectivity index (χ0) is 14.9. The molecule has 0 radical (unpaired) electrons. The van der Waals surface area contributed by atoms with E-state index in [4.69, 9.17) is 5.26 Å². The molecule has 3 nitrogen and oxygen atoms in total. The monoisotopic (exact) mass is 295 g/mol. The lowest BCUT2D eigenvalue weighted by Gasteiger charge is -2.38. The molecule has 2 aliphatic carbocycles. The van der Waals surface area contributed by atoms with E-state index < -0.39 is 0 Å². The van der Waals surface area contributed by atoms with Gasteiger partial charge >= 0.3 is 0 Å². The van der Waals surface area contributed by atoms with E-state index in [0.29, 0.717) is 12.1 Å². The number of nitrogens with zero attached hydrogens (tertiary/aromatic N) is 2. The van der Waals surface area contributed by atoms with Crippen LogP contribution in [0.15, 0.2) is 24.3 Å². The van der Waals surface area contributed by atoms with Gasteiger partial charge in [0, 0.05) is 30.4 Å². The maximum absolute atomic E-state index is 8.95. The Morgan fingerprint density at radius 2 is 1.82 bits per heavy atom. The zero-order valence-electron chi connectivity index (χ0n) is 13.2. The predicted molar refractivity (Wildman–Crippen MR) is 88.8 cm³/mol. The van der Waals surface area contributed by atoms with Crippen molar-refractivity contribution in [2.45, 2.75) is 63.1 Å².